The van der Waals surface area contributed by atoms with E-state index in [0.717, 1.165) is 39.1 Å². The van der Waals surface area contributed by atoms with Crippen LogP contribution in [0.15, 0.2) is 0 Å². The van der Waals surface area contributed by atoms with Crippen molar-refractivity contribution in [3.8, 4) is 0 Å². The zero-order chi connectivity index (χ0) is 10.7. The number of hydrogen-bond donors (Lipinski definition) is 1. The molecule has 2 aliphatic heterocycles. The van der Waals surface area contributed by atoms with Crippen LogP contribution in [0, 0.1) is 5.92 Å². The zero-order valence-electron chi connectivity index (χ0n) is 9.54. The lowest BCUT2D eigenvalue weighted by Crippen LogP contribution is -2.40. The van der Waals surface area contributed by atoms with E-state index in [1.54, 1.807) is 0 Å². The van der Waals surface area contributed by atoms with Gasteiger partial charge in [0.15, 0.2) is 0 Å². The van der Waals surface area contributed by atoms with Crippen molar-refractivity contribution < 1.29 is 4.79 Å². The van der Waals surface area contributed by atoms with Crippen LogP contribution in [0.2, 0.25) is 0 Å². The molecular formula is C11H21N3O. The smallest absolute Gasteiger partial charge is 0.320 e. The maximum atomic E-state index is 12.0. The number of rotatable bonds is 2. The van der Waals surface area contributed by atoms with Gasteiger partial charge in [0.05, 0.1) is 0 Å². The Kier molecular flexibility index (Phi) is 3.46. The monoisotopic (exact) mass is 211 g/mol. The van der Waals surface area contributed by atoms with E-state index in [2.05, 4.69) is 5.32 Å². The van der Waals surface area contributed by atoms with E-state index in [1.807, 2.05) is 16.8 Å². The lowest BCUT2D eigenvalue weighted by Gasteiger charge is -2.24. The Labute approximate surface area is 91.6 Å². The molecule has 0 aliphatic carbocycles. The number of hydrogen-bond acceptors (Lipinski definition) is 2. The van der Waals surface area contributed by atoms with Crippen molar-refractivity contribution in [2.24, 2.45) is 5.92 Å². The molecule has 0 aromatic rings. The van der Waals surface area contributed by atoms with Crippen LogP contribution in [0.4, 0.5) is 4.79 Å². The summed E-state index contributed by atoms with van der Waals surface area (Å²) in [6.45, 7) is 4.85. The summed E-state index contributed by atoms with van der Waals surface area (Å²) in [5.74, 6) is 0.654. The van der Waals surface area contributed by atoms with Gasteiger partial charge in [-0.2, -0.15) is 0 Å². The zero-order valence-corrected chi connectivity index (χ0v) is 9.54. The van der Waals surface area contributed by atoms with Crippen LogP contribution < -0.4 is 5.32 Å². The van der Waals surface area contributed by atoms with Crippen LogP contribution in [0.25, 0.3) is 0 Å². The first-order chi connectivity index (χ1) is 7.31. The predicted molar refractivity (Wildman–Crippen MR) is 59.8 cm³/mol. The van der Waals surface area contributed by atoms with Gasteiger partial charge in [-0.05, 0) is 38.8 Å². The Balaban J connectivity index is 1.81. The molecule has 2 fully saturated rings. The van der Waals surface area contributed by atoms with E-state index in [1.165, 1.54) is 12.8 Å². The molecule has 1 atom stereocenters. The molecule has 0 saturated carbocycles. The minimum Gasteiger partial charge on any atom is -0.325 e. The first-order valence-corrected chi connectivity index (χ1v) is 5.99. The molecule has 0 bridgehead atoms. The molecule has 0 aromatic carbocycles. The number of urea groups is 1. The maximum Gasteiger partial charge on any atom is 0.320 e. The minimum absolute atomic E-state index is 0.270. The van der Waals surface area contributed by atoms with Gasteiger partial charge < -0.3 is 15.1 Å². The average molecular weight is 211 g/mol. The molecule has 1 unspecified atom stereocenters. The molecule has 2 heterocycles. The van der Waals surface area contributed by atoms with Gasteiger partial charge >= 0.3 is 6.03 Å². The molecule has 4 nitrogen and oxygen atoms in total. The normalized spacial score (nSPS) is 26.3. The fraction of sp³-hybridized carbons (Fsp3) is 0.909. The first-order valence-electron chi connectivity index (χ1n) is 5.99. The van der Waals surface area contributed by atoms with Gasteiger partial charge in [-0.1, -0.05) is 0 Å². The van der Waals surface area contributed by atoms with Crippen LogP contribution in [0.3, 0.4) is 0 Å². The third kappa shape index (κ3) is 2.43. The number of carbonyl (C=O) groups is 1. The second kappa shape index (κ2) is 4.84. The molecule has 2 rings (SSSR count). The molecule has 4 heteroatoms. The summed E-state index contributed by atoms with van der Waals surface area (Å²) >= 11 is 0. The highest BCUT2D eigenvalue weighted by molar-refractivity contribution is 5.75. The summed E-state index contributed by atoms with van der Waals surface area (Å²) in [6.07, 6.45) is 3.51. The molecule has 86 valence electrons. The quantitative estimate of drug-likeness (QED) is 0.731. The van der Waals surface area contributed by atoms with Crippen LogP contribution in [0.5, 0.6) is 0 Å². The van der Waals surface area contributed by atoms with E-state index < -0.39 is 0 Å². The summed E-state index contributed by atoms with van der Waals surface area (Å²) in [4.78, 5) is 16.1. The highest BCUT2D eigenvalue weighted by Crippen LogP contribution is 2.19. The van der Waals surface area contributed by atoms with Gasteiger partial charge in [-0.3, -0.25) is 0 Å². The van der Waals surface area contributed by atoms with Crippen molar-refractivity contribution in [1.29, 1.82) is 0 Å². The van der Waals surface area contributed by atoms with Gasteiger partial charge in [-0.15, -0.1) is 0 Å². The number of likely N-dealkylation sites (tertiary alicyclic amines) is 2. The maximum absolute atomic E-state index is 12.0. The number of amides is 2. The molecule has 0 spiro atoms. The third-order valence-electron chi connectivity index (χ3n) is 3.43. The van der Waals surface area contributed by atoms with Gasteiger partial charge in [-0.25, -0.2) is 4.79 Å². The van der Waals surface area contributed by atoms with Crippen LogP contribution in [-0.4, -0.2) is 55.6 Å². The molecule has 0 aromatic heterocycles. The number of carbonyl (C=O) groups excluding carboxylic acids is 1. The van der Waals surface area contributed by atoms with Crippen LogP contribution in [-0.2, 0) is 0 Å². The summed E-state index contributed by atoms with van der Waals surface area (Å²) in [5.41, 5.74) is 0. The van der Waals surface area contributed by atoms with Crippen LogP contribution in [0.1, 0.15) is 19.3 Å². The van der Waals surface area contributed by atoms with Crippen molar-refractivity contribution in [2.75, 3.05) is 39.8 Å². The standard InChI is InChI=1S/C11H21N3O/c1-12-8-10-4-7-14(9-10)11(15)13-5-2-3-6-13/h10,12H,2-9H2,1H3. The fourth-order valence-corrected chi connectivity index (χ4v) is 2.57. The lowest BCUT2D eigenvalue weighted by atomic mass is 10.1. The molecule has 1 N–H and O–H groups in total. The fourth-order valence-electron chi connectivity index (χ4n) is 2.57. The highest BCUT2D eigenvalue weighted by atomic mass is 16.2. The number of nitrogens with one attached hydrogen (secondary N) is 1. The highest BCUT2D eigenvalue weighted by Gasteiger charge is 2.29. The van der Waals surface area contributed by atoms with Crippen molar-refractivity contribution in [3.05, 3.63) is 0 Å². The molecular weight excluding hydrogens is 190 g/mol. The second-order valence-corrected chi connectivity index (χ2v) is 4.64. The molecule has 0 radical (unpaired) electrons. The van der Waals surface area contributed by atoms with E-state index in [4.69, 9.17) is 0 Å². The Hall–Kier alpha value is -0.770. The summed E-state index contributed by atoms with van der Waals surface area (Å²) in [7, 11) is 1.98. The Morgan fingerprint density at radius 2 is 2.00 bits per heavy atom. The Bertz CT molecular complexity index is 226. The minimum atomic E-state index is 0.270. The third-order valence-corrected chi connectivity index (χ3v) is 3.43. The SMILES string of the molecule is CNCC1CCN(C(=O)N2CCCC2)C1. The van der Waals surface area contributed by atoms with Crippen molar-refractivity contribution in [1.82, 2.24) is 15.1 Å². The van der Waals surface area contributed by atoms with Crippen LogP contribution >= 0.6 is 0 Å². The summed E-state index contributed by atoms with van der Waals surface area (Å²) in [6, 6.07) is 0.270. The topological polar surface area (TPSA) is 35.6 Å². The largest absolute Gasteiger partial charge is 0.325 e. The predicted octanol–water partition coefficient (Wildman–Crippen LogP) is 0.744. The van der Waals surface area contributed by atoms with Gasteiger partial charge in [0.25, 0.3) is 0 Å². The summed E-state index contributed by atoms with van der Waals surface area (Å²) < 4.78 is 0. The van der Waals surface area contributed by atoms with Crippen molar-refractivity contribution in [3.63, 3.8) is 0 Å². The Morgan fingerprint density at radius 3 is 2.67 bits per heavy atom. The Morgan fingerprint density at radius 1 is 1.27 bits per heavy atom. The number of nitrogens with zero attached hydrogens (tertiary/aromatic N) is 2. The molecule has 15 heavy (non-hydrogen) atoms. The molecule has 2 saturated heterocycles. The summed E-state index contributed by atoms with van der Waals surface area (Å²) in [5, 5.41) is 3.19. The molecule has 2 aliphatic rings. The average Bonchev–Trinajstić information content (AvgIpc) is 2.87. The van der Waals surface area contributed by atoms with Gasteiger partial charge in [0.1, 0.15) is 0 Å². The van der Waals surface area contributed by atoms with E-state index in [9.17, 15) is 4.79 Å². The first kappa shape index (κ1) is 10.7. The second-order valence-electron chi connectivity index (χ2n) is 4.64. The molecule has 2 amide bonds. The van der Waals surface area contributed by atoms with E-state index in [-0.39, 0.29) is 6.03 Å². The van der Waals surface area contributed by atoms with Gasteiger partial charge in [0, 0.05) is 26.2 Å². The van der Waals surface area contributed by atoms with Crippen molar-refractivity contribution >= 4 is 6.03 Å². The van der Waals surface area contributed by atoms with E-state index >= 15 is 0 Å². The van der Waals surface area contributed by atoms with Crippen molar-refractivity contribution in [2.45, 2.75) is 19.3 Å². The van der Waals surface area contributed by atoms with E-state index in [0.29, 0.717) is 5.92 Å². The van der Waals surface area contributed by atoms with Gasteiger partial charge in [0.2, 0.25) is 0 Å². The lowest BCUT2D eigenvalue weighted by molar-refractivity contribution is 0.171.